The molecule has 0 radical (unpaired) electrons. The van der Waals surface area contributed by atoms with Crippen LogP contribution in [0, 0.1) is 0 Å². The van der Waals surface area contributed by atoms with E-state index in [1.165, 1.54) is 12.1 Å². The summed E-state index contributed by atoms with van der Waals surface area (Å²) < 4.78 is 24.7. The lowest BCUT2D eigenvalue weighted by molar-refractivity contribution is 0.0952. The molecule has 6 nitrogen and oxygen atoms in total. The number of nitrogens with two attached hydrogens (primary N) is 1. The monoisotopic (exact) mass is 371 g/mol. The van der Waals surface area contributed by atoms with Crippen molar-refractivity contribution >= 4 is 26.8 Å². The molecule has 1 heterocycles. The molecule has 0 saturated heterocycles. The molecule has 0 unspecified atom stereocenters. The van der Waals surface area contributed by atoms with E-state index >= 15 is 0 Å². The molecule has 0 aliphatic carbocycles. The number of carbonyl (C=O) groups is 1. The first-order valence-corrected chi connectivity index (χ1v) is 9.81. The van der Waals surface area contributed by atoms with Gasteiger partial charge in [0.15, 0.2) is 0 Å². The molecule has 1 amide bonds. The topological polar surface area (TPSA) is 94.2 Å². The lowest BCUT2D eigenvalue weighted by atomic mass is 10.1. The molecule has 3 N–H and O–H groups in total. The average molecular weight is 371 g/mol. The Hall–Kier alpha value is -2.64. The van der Waals surface area contributed by atoms with Crippen molar-refractivity contribution < 1.29 is 13.2 Å². The fourth-order valence-electron chi connectivity index (χ4n) is 2.91. The molecule has 0 aliphatic heterocycles. The van der Waals surface area contributed by atoms with E-state index in [1.807, 2.05) is 24.4 Å². The second-order valence-electron chi connectivity index (χ2n) is 6.43. The van der Waals surface area contributed by atoms with Gasteiger partial charge >= 0.3 is 0 Å². The second-order valence-corrected chi connectivity index (χ2v) is 7.99. The first-order valence-electron chi connectivity index (χ1n) is 8.27. The van der Waals surface area contributed by atoms with E-state index in [0.29, 0.717) is 18.2 Å². The van der Waals surface area contributed by atoms with Gasteiger partial charge in [-0.25, -0.2) is 13.6 Å². The number of sulfonamides is 1. The molecule has 0 aliphatic rings. The van der Waals surface area contributed by atoms with Gasteiger partial charge in [0.2, 0.25) is 10.0 Å². The molecule has 0 atom stereocenters. The van der Waals surface area contributed by atoms with Crippen LogP contribution in [0.3, 0.4) is 0 Å². The quantitative estimate of drug-likeness (QED) is 0.722. The number of nitrogens with zero attached hydrogens (tertiary/aromatic N) is 1. The summed E-state index contributed by atoms with van der Waals surface area (Å²) in [5, 5.41) is 8.86. The van der Waals surface area contributed by atoms with Crippen molar-refractivity contribution in [2.45, 2.75) is 31.3 Å². The van der Waals surface area contributed by atoms with Gasteiger partial charge in [-0.1, -0.05) is 18.2 Å². The highest BCUT2D eigenvalue weighted by Crippen LogP contribution is 2.23. The first-order chi connectivity index (χ1) is 12.3. The lowest BCUT2D eigenvalue weighted by Crippen LogP contribution is -2.23. The van der Waals surface area contributed by atoms with Crippen molar-refractivity contribution in [1.82, 2.24) is 9.88 Å². The highest BCUT2D eigenvalue weighted by molar-refractivity contribution is 7.89. The fraction of sp³-hybridized carbons (Fsp3) is 0.211. The molecule has 136 valence electrons. The highest BCUT2D eigenvalue weighted by Gasteiger charge is 2.13. The molecule has 2 aromatic carbocycles. The summed E-state index contributed by atoms with van der Waals surface area (Å²) in [6.45, 7) is 4.49. The zero-order chi connectivity index (χ0) is 18.9. The molecular formula is C19H21N3O3S. The lowest BCUT2D eigenvalue weighted by Gasteiger charge is -2.11. The van der Waals surface area contributed by atoms with Crippen LogP contribution in [0.4, 0.5) is 0 Å². The summed E-state index contributed by atoms with van der Waals surface area (Å²) in [4.78, 5) is 12.6. The maximum Gasteiger partial charge on any atom is 0.252 e. The number of rotatable bonds is 5. The van der Waals surface area contributed by atoms with E-state index in [1.54, 1.807) is 18.2 Å². The van der Waals surface area contributed by atoms with E-state index in [0.717, 1.165) is 16.5 Å². The van der Waals surface area contributed by atoms with Crippen molar-refractivity contribution in [2.24, 2.45) is 5.14 Å². The summed E-state index contributed by atoms with van der Waals surface area (Å²) in [7, 11) is -3.71. The van der Waals surface area contributed by atoms with Gasteiger partial charge in [0, 0.05) is 35.2 Å². The van der Waals surface area contributed by atoms with Crippen LogP contribution < -0.4 is 10.5 Å². The Morgan fingerprint density at radius 3 is 2.42 bits per heavy atom. The summed E-state index contributed by atoms with van der Waals surface area (Å²) in [5.41, 5.74) is 2.42. The van der Waals surface area contributed by atoms with Crippen LogP contribution in [0.5, 0.6) is 0 Å². The van der Waals surface area contributed by atoms with Crippen LogP contribution in [-0.4, -0.2) is 18.9 Å². The van der Waals surface area contributed by atoms with Gasteiger partial charge in [0.05, 0.1) is 4.90 Å². The first kappa shape index (κ1) is 18.2. The average Bonchev–Trinajstić information content (AvgIpc) is 3.03. The van der Waals surface area contributed by atoms with Crippen molar-refractivity contribution in [2.75, 3.05) is 0 Å². The largest absolute Gasteiger partial charge is 0.348 e. The number of hydrogen-bond acceptors (Lipinski definition) is 3. The van der Waals surface area contributed by atoms with Gasteiger partial charge in [0.1, 0.15) is 0 Å². The van der Waals surface area contributed by atoms with E-state index in [2.05, 4.69) is 23.7 Å². The van der Waals surface area contributed by atoms with Crippen molar-refractivity contribution in [3.05, 3.63) is 65.9 Å². The number of hydrogen-bond donors (Lipinski definition) is 2. The maximum absolute atomic E-state index is 12.6. The Morgan fingerprint density at radius 1 is 1.12 bits per heavy atom. The van der Waals surface area contributed by atoms with E-state index in [9.17, 15) is 13.2 Å². The van der Waals surface area contributed by atoms with Gasteiger partial charge in [-0.3, -0.25) is 4.79 Å². The van der Waals surface area contributed by atoms with Crippen molar-refractivity contribution in [3.63, 3.8) is 0 Å². The maximum atomic E-state index is 12.6. The zero-order valence-corrected chi connectivity index (χ0v) is 15.5. The normalized spacial score (nSPS) is 11.8. The summed E-state index contributed by atoms with van der Waals surface area (Å²) in [6, 6.07) is 14.1. The molecule has 0 saturated carbocycles. The summed E-state index contributed by atoms with van der Waals surface area (Å²) in [5.74, 6) is -0.173. The van der Waals surface area contributed by atoms with Crippen LogP contribution in [0.15, 0.2) is 59.6 Å². The van der Waals surface area contributed by atoms with Crippen LogP contribution in [-0.2, 0) is 16.6 Å². The SMILES string of the molecule is CC(C)n1ccc2c(C(=O)NCc3ccc(S(N)(=O)=O)cc3)cccc21. The fourth-order valence-corrected chi connectivity index (χ4v) is 3.43. The van der Waals surface area contributed by atoms with E-state index < -0.39 is 10.0 Å². The van der Waals surface area contributed by atoms with E-state index in [-0.39, 0.29) is 10.8 Å². The van der Waals surface area contributed by atoms with E-state index in [4.69, 9.17) is 5.14 Å². The number of carbonyl (C=O) groups excluding carboxylic acids is 1. The molecule has 0 spiro atoms. The third kappa shape index (κ3) is 3.63. The predicted octanol–water partition coefficient (Wildman–Crippen LogP) is 2.80. The molecule has 26 heavy (non-hydrogen) atoms. The number of amides is 1. The molecule has 3 aromatic rings. The minimum atomic E-state index is -3.71. The summed E-state index contributed by atoms with van der Waals surface area (Å²) >= 11 is 0. The van der Waals surface area contributed by atoms with Crippen LogP contribution in [0.2, 0.25) is 0 Å². The molecule has 0 fully saturated rings. The number of fused-ring (bicyclic) bond motifs is 1. The Kier molecular flexibility index (Phi) is 4.84. The Bertz CT molecular complexity index is 1050. The molecule has 7 heteroatoms. The molecule has 0 bridgehead atoms. The van der Waals surface area contributed by atoms with Crippen molar-refractivity contribution in [3.8, 4) is 0 Å². The third-order valence-electron chi connectivity index (χ3n) is 4.27. The smallest absolute Gasteiger partial charge is 0.252 e. The highest BCUT2D eigenvalue weighted by atomic mass is 32.2. The standard InChI is InChI=1S/C19H21N3O3S/c1-13(2)22-11-10-16-17(4-3-5-18(16)22)19(23)21-12-14-6-8-15(9-7-14)26(20,24)25/h3-11,13H,12H2,1-2H3,(H,21,23)(H2,20,24,25). The Balaban J connectivity index is 1.78. The number of benzene rings is 2. The van der Waals surface area contributed by atoms with Crippen molar-refractivity contribution in [1.29, 1.82) is 0 Å². The Morgan fingerprint density at radius 2 is 1.81 bits per heavy atom. The minimum absolute atomic E-state index is 0.0485. The van der Waals surface area contributed by atoms with Crippen LogP contribution in [0.25, 0.3) is 10.9 Å². The van der Waals surface area contributed by atoms with Gasteiger partial charge in [-0.05, 0) is 49.7 Å². The zero-order valence-electron chi connectivity index (χ0n) is 14.6. The van der Waals surface area contributed by atoms with Gasteiger partial charge in [-0.2, -0.15) is 0 Å². The number of aromatic nitrogens is 1. The van der Waals surface area contributed by atoms with Gasteiger partial charge in [0.25, 0.3) is 5.91 Å². The van der Waals surface area contributed by atoms with Crippen LogP contribution in [0.1, 0.15) is 35.8 Å². The molecular weight excluding hydrogens is 350 g/mol. The minimum Gasteiger partial charge on any atom is -0.348 e. The second kappa shape index (κ2) is 6.93. The van der Waals surface area contributed by atoms with Crippen LogP contribution >= 0.6 is 0 Å². The predicted molar refractivity (Wildman–Crippen MR) is 101 cm³/mol. The number of nitrogens with one attached hydrogen (secondary N) is 1. The molecule has 1 aromatic heterocycles. The third-order valence-corrected chi connectivity index (χ3v) is 5.20. The number of primary sulfonamides is 1. The Labute approximate surface area is 152 Å². The van der Waals surface area contributed by atoms with Gasteiger partial charge < -0.3 is 9.88 Å². The van der Waals surface area contributed by atoms with Gasteiger partial charge in [-0.15, -0.1) is 0 Å². The summed E-state index contributed by atoms with van der Waals surface area (Å²) in [6.07, 6.45) is 1.98. The molecule has 3 rings (SSSR count).